The van der Waals surface area contributed by atoms with Crippen molar-refractivity contribution in [1.82, 2.24) is 5.32 Å². The average molecular weight is 465 g/mol. The summed E-state index contributed by atoms with van der Waals surface area (Å²) in [5.74, 6) is 0.743. The molecule has 0 aliphatic heterocycles. The quantitative estimate of drug-likeness (QED) is 0.581. The van der Waals surface area contributed by atoms with Crippen LogP contribution in [-0.2, 0) is 14.6 Å². The number of nitrogens with two attached hydrogens (primary N) is 1. The molecule has 0 spiro atoms. The van der Waals surface area contributed by atoms with Crippen molar-refractivity contribution < 1.29 is 22.3 Å². The fourth-order valence-electron chi connectivity index (χ4n) is 5.08. The maximum Gasteiger partial charge on any atom is 0.226 e. The van der Waals surface area contributed by atoms with Crippen LogP contribution in [0.25, 0.3) is 0 Å². The van der Waals surface area contributed by atoms with E-state index in [1.165, 1.54) is 0 Å². The third-order valence-corrected chi connectivity index (χ3v) is 9.80. The molecular weight excluding hydrogens is 431 g/mol. The SMILES string of the molecule is CC1(NC(=O)C23CCC(CS(=O)(=O)c4ccc(OC/C(=C/F)CN)cc4)(CC2)CC3)CC1. The molecule has 3 N–H and O–H groups in total. The van der Waals surface area contributed by atoms with E-state index >= 15 is 0 Å². The molecule has 1 aromatic carbocycles. The van der Waals surface area contributed by atoms with Gasteiger partial charge in [0.15, 0.2) is 9.84 Å². The molecule has 1 aromatic rings. The third-order valence-electron chi connectivity index (χ3n) is 7.82. The van der Waals surface area contributed by atoms with Gasteiger partial charge in [-0.3, -0.25) is 4.79 Å². The van der Waals surface area contributed by atoms with Crippen LogP contribution in [-0.4, -0.2) is 38.8 Å². The Morgan fingerprint density at radius 1 is 1.09 bits per heavy atom. The Morgan fingerprint density at radius 3 is 2.19 bits per heavy atom. The minimum atomic E-state index is -3.47. The van der Waals surface area contributed by atoms with Crippen LogP contribution in [0, 0.1) is 10.8 Å². The number of sulfone groups is 1. The number of benzene rings is 1. The Bertz CT molecular complexity index is 975. The van der Waals surface area contributed by atoms with Crippen molar-refractivity contribution in [3.8, 4) is 5.75 Å². The zero-order valence-corrected chi connectivity index (χ0v) is 19.5. The fraction of sp³-hybridized carbons (Fsp3) is 0.625. The van der Waals surface area contributed by atoms with Crippen LogP contribution in [0.5, 0.6) is 5.75 Å². The minimum Gasteiger partial charge on any atom is -0.489 e. The van der Waals surface area contributed by atoms with Gasteiger partial charge in [-0.15, -0.1) is 0 Å². The van der Waals surface area contributed by atoms with Crippen LogP contribution in [0.2, 0.25) is 0 Å². The van der Waals surface area contributed by atoms with E-state index in [0.29, 0.717) is 17.7 Å². The van der Waals surface area contributed by atoms with Crippen molar-refractivity contribution in [2.75, 3.05) is 18.9 Å². The third kappa shape index (κ3) is 4.71. The standard InChI is InChI=1S/C24H33FN2O4S/c1-22(6-7-22)27-21(28)24-11-8-23(9-12-24,10-13-24)17-32(29,30)20-4-2-19(3-5-20)31-16-18(14-25)15-26/h2-5,14H,6-13,15-17,26H2,1H3,(H,27,28)/b18-14+. The summed E-state index contributed by atoms with van der Waals surface area (Å²) in [6.45, 7) is 2.18. The second-order valence-electron chi connectivity index (χ2n) is 10.3. The summed E-state index contributed by atoms with van der Waals surface area (Å²) in [5.41, 5.74) is 5.15. The van der Waals surface area contributed by atoms with Gasteiger partial charge in [-0.2, -0.15) is 0 Å². The van der Waals surface area contributed by atoms with Crippen LogP contribution in [0.3, 0.4) is 0 Å². The number of rotatable bonds is 9. The second kappa shape index (κ2) is 8.45. The lowest BCUT2D eigenvalue weighted by atomic mass is 9.54. The summed E-state index contributed by atoms with van der Waals surface area (Å²) in [7, 11) is -3.47. The smallest absolute Gasteiger partial charge is 0.226 e. The average Bonchev–Trinajstić information content (AvgIpc) is 3.52. The van der Waals surface area contributed by atoms with Gasteiger partial charge in [-0.05, 0) is 88.0 Å². The molecule has 4 fully saturated rings. The molecule has 5 rings (SSSR count). The van der Waals surface area contributed by atoms with E-state index in [2.05, 4.69) is 12.2 Å². The first kappa shape index (κ1) is 23.2. The van der Waals surface area contributed by atoms with Crippen molar-refractivity contribution in [2.45, 2.75) is 68.7 Å². The summed E-state index contributed by atoms with van der Waals surface area (Å²) < 4.78 is 44.4. The van der Waals surface area contributed by atoms with Crippen molar-refractivity contribution in [2.24, 2.45) is 16.6 Å². The van der Waals surface area contributed by atoms with Gasteiger partial charge in [0.25, 0.3) is 0 Å². The van der Waals surface area contributed by atoms with Gasteiger partial charge in [0.1, 0.15) is 12.4 Å². The van der Waals surface area contributed by atoms with Crippen molar-refractivity contribution in [3.05, 3.63) is 36.2 Å². The van der Waals surface area contributed by atoms with Crippen molar-refractivity contribution in [3.63, 3.8) is 0 Å². The maximum atomic E-state index is 13.2. The Morgan fingerprint density at radius 2 is 1.69 bits per heavy atom. The number of carbonyl (C=O) groups excluding carboxylic acids is 1. The van der Waals surface area contributed by atoms with Crippen LogP contribution >= 0.6 is 0 Å². The molecule has 0 atom stereocenters. The van der Waals surface area contributed by atoms with Gasteiger partial charge >= 0.3 is 0 Å². The Kier molecular flexibility index (Phi) is 6.13. The number of halogens is 1. The Labute approximate surface area is 189 Å². The zero-order chi connectivity index (χ0) is 23.0. The van der Waals surface area contributed by atoms with E-state index in [1.54, 1.807) is 24.3 Å². The largest absolute Gasteiger partial charge is 0.489 e. The summed E-state index contributed by atoms with van der Waals surface area (Å²) in [4.78, 5) is 13.2. The second-order valence-corrected chi connectivity index (χ2v) is 12.3. The molecule has 8 heteroatoms. The molecule has 32 heavy (non-hydrogen) atoms. The molecule has 0 unspecified atom stereocenters. The molecule has 6 nitrogen and oxygen atoms in total. The summed E-state index contributed by atoms with van der Waals surface area (Å²) in [5, 5.41) is 3.23. The van der Waals surface area contributed by atoms with Gasteiger partial charge < -0.3 is 15.8 Å². The monoisotopic (exact) mass is 464 g/mol. The summed E-state index contributed by atoms with van der Waals surface area (Å²) >= 11 is 0. The molecule has 4 aliphatic carbocycles. The van der Waals surface area contributed by atoms with Crippen LogP contribution in [0.15, 0.2) is 41.1 Å². The molecule has 176 valence electrons. The van der Waals surface area contributed by atoms with Crippen molar-refractivity contribution >= 4 is 15.7 Å². The fourth-order valence-corrected chi connectivity index (χ4v) is 7.04. The molecule has 0 aromatic heterocycles. The number of nitrogens with one attached hydrogen (secondary N) is 1. The van der Waals surface area contributed by atoms with Gasteiger partial charge in [0, 0.05) is 23.1 Å². The number of amides is 1. The predicted octanol–water partition coefficient (Wildman–Crippen LogP) is 3.66. The lowest BCUT2D eigenvalue weighted by Crippen LogP contribution is -2.53. The maximum absolute atomic E-state index is 13.2. The van der Waals surface area contributed by atoms with Gasteiger partial charge in [-0.25, -0.2) is 12.8 Å². The van der Waals surface area contributed by atoms with Crippen LogP contribution < -0.4 is 15.8 Å². The highest BCUT2D eigenvalue weighted by Gasteiger charge is 2.55. The normalized spacial score (nSPS) is 28.9. The zero-order valence-electron chi connectivity index (χ0n) is 18.7. The highest BCUT2D eigenvalue weighted by Crippen LogP contribution is 2.58. The van der Waals surface area contributed by atoms with E-state index in [1.807, 2.05) is 0 Å². The molecular formula is C24H33FN2O4S. The molecule has 0 saturated heterocycles. The predicted molar refractivity (Wildman–Crippen MR) is 121 cm³/mol. The number of hydrogen-bond acceptors (Lipinski definition) is 5. The lowest BCUT2D eigenvalue weighted by Gasteiger charge is -2.52. The minimum absolute atomic E-state index is 0.0227. The van der Waals surface area contributed by atoms with E-state index < -0.39 is 9.84 Å². The van der Waals surface area contributed by atoms with E-state index in [-0.39, 0.29) is 46.1 Å². The van der Waals surface area contributed by atoms with E-state index in [9.17, 15) is 17.6 Å². The topological polar surface area (TPSA) is 98.5 Å². The highest BCUT2D eigenvalue weighted by atomic mass is 32.2. The number of fused-ring (bicyclic) bond motifs is 3. The molecule has 2 bridgehead atoms. The number of ether oxygens (including phenoxy) is 1. The molecule has 4 saturated carbocycles. The van der Waals surface area contributed by atoms with Crippen LogP contribution in [0.1, 0.15) is 58.3 Å². The van der Waals surface area contributed by atoms with E-state index in [0.717, 1.165) is 51.4 Å². The number of carbonyl (C=O) groups is 1. The summed E-state index contributed by atoms with van der Waals surface area (Å²) in [6, 6.07) is 6.27. The highest BCUT2D eigenvalue weighted by molar-refractivity contribution is 7.91. The van der Waals surface area contributed by atoms with Gasteiger partial charge in [-0.1, -0.05) is 0 Å². The summed E-state index contributed by atoms with van der Waals surface area (Å²) in [6.07, 6.45) is 7.13. The number of hydrogen-bond donors (Lipinski definition) is 2. The molecule has 4 aliphatic rings. The first-order valence-corrected chi connectivity index (χ1v) is 13.1. The molecule has 0 radical (unpaired) electrons. The first-order chi connectivity index (χ1) is 15.1. The van der Waals surface area contributed by atoms with Gasteiger partial charge in [0.2, 0.25) is 5.91 Å². The Hall–Kier alpha value is -1.93. The molecule has 1 amide bonds. The first-order valence-electron chi connectivity index (χ1n) is 11.4. The van der Waals surface area contributed by atoms with Crippen LogP contribution in [0.4, 0.5) is 4.39 Å². The van der Waals surface area contributed by atoms with Crippen molar-refractivity contribution in [1.29, 1.82) is 0 Å². The molecule has 0 heterocycles. The lowest BCUT2D eigenvalue weighted by molar-refractivity contribution is -0.140. The Balaban J connectivity index is 1.37. The van der Waals surface area contributed by atoms with Gasteiger partial charge in [0.05, 0.1) is 17.0 Å². The van der Waals surface area contributed by atoms with E-state index in [4.69, 9.17) is 10.5 Å².